The molecule has 8 rings (SSSR count). The third-order valence-corrected chi connectivity index (χ3v) is 7.78. The van der Waals surface area contributed by atoms with Gasteiger partial charge >= 0.3 is 0 Å². The third-order valence-electron chi connectivity index (χ3n) is 7.78. The molecule has 4 heteroatoms. The van der Waals surface area contributed by atoms with Gasteiger partial charge in [-0.3, -0.25) is 0 Å². The Hall–Kier alpha value is -5.87. The summed E-state index contributed by atoms with van der Waals surface area (Å²) in [6.07, 6.45) is 0. The molecule has 0 atom stereocenters. The zero-order valence-electron chi connectivity index (χ0n) is 23.2. The molecule has 1 aliphatic rings. The molecule has 43 heavy (non-hydrogen) atoms. The molecule has 7 aromatic rings. The molecule has 2 heterocycles. The van der Waals surface area contributed by atoms with Crippen LogP contribution in [0, 0.1) is 0 Å². The topological polar surface area (TPSA) is 47.9 Å². The number of hydrogen-bond donors (Lipinski definition) is 0. The molecule has 0 saturated heterocycles. The smallest absolute Gasteiger partial charge is 0.164 e. The summed E-state index contributed by atoms with van der Waals surface area (Å²) >= 11 is 0. The molecule has 1 aromatic heterocycles. The van der Waals surface area contributed by atoms with E-state index in [9.17, 15) is 0 Å². The number of rotatable bonds is 4. The Morgan fingerprint density at radius 3 is 1.33 bits per heavy atom. The van der Waals surface area contributed by atoms with Crippen LogP contribution in [0.5, 0.6) is 11.5 Å². The Morgan fingerprint density at radius 1 is 0.302 bits per heavy atom. The van der Waals surface area contributed by atoms with Gasteiger partial charge in [-0.25, -0.2) is 15.0 Å². The highest BCUT2D eigenvalue weighted by Gasteiger charge is 2.23. The molecular weight excluding hydrogens is 526 g/mol. The van der Waals surface area contributed by atoms with E-state index in [0.717, 1.165) is 56.0 Å². The molecule has 1 aliphatic heterocycles. The minimum atomic E-state index is 0.630. The number of para-hydroxylation sites is 2. The fourth-order valence-electron chi connectivity index (χ4n) is 5.66. The Morgan fingerprint density at radius 2 is 0.721 bits per heavy atom. The zero-order valence-corrected chi connectivity index (χ0v) is 23.2. The highest BCUT2D eigenvalue weighted by atomic mass is 16.5. The lowest BCUT2D eigenvalue weighted by Gasteiger charge is -2.15. The maximum absolute atomic E-state index is 6.68. The second-order valence-corrected chi connectivity index (χ2v) is 10.4. The van der Waals surface area contributed by atoms with E-state index in [1.54, 1.807) is 0 Å². The van der Waals surface area contributed by atoms with Crippen molar-refractivity contribution in [3.8, 4) is 79.0 Å². The fourth-order valence-corrected chi connectivity index (χ4v) is 5.66. The van der Waals surface area contributed by atoms with Crippen LogP contribution in [-0.2, 0) is 0 Å². The summed E-state index contributed by atoms with van der Waals surface area (Å²) in [4.78, 5) is 14.6. The van der Waals surface area contributed by atoms with Crippen molar-refractivity contribution < 1.29 is 4.74 Å². The molecule has 0 unspecified atom stereocenters. The van der Waals surface area contributed by atoms with Crippen LogP contribution in [0.2, 0.25) is 0 Å². The van der Waals surface area contributed by atoms with Gasteiger partial charge in [0.2, 0.25) is 0 Å². The van der Waals surface area contributed by atoms with E-state index in [1.807, 2.05) is 72.8 Å². The second kappa shape index (κ2) is 10.5. The average molecular weight is 552 g/mol. The summed E-state index contributed by atoms with van der Waals surface area (Å²) in [5.74, 6) is 3.63. The monoisotopic (exact) mass is 551 g/mol. The Bertz CT molecular complexity index is 2030. The van der Waals surface area contributed by atoms with Crippen LogP contribution in [0.25, 0.3) is 67.5 Å². The highest BCUT2D eigenvalue weighted by molar-refractivity contribution is 5.94. The van der Waals surface area contributed by atoms with E-state index < -0.39 is 0 Å². The standard InChI is InChI=1S/C39H25N3O/c1-3-12-27(13-4-1)37-40-38(28-14-5-2-6-15-28)42-39(41-37)29-24-22-26(23-25-29)30-19-11-20-34-32-17-8-7-16-31(32)33-18-9-10-21-35(33)43-36(30)34/h1-25H. The normalized spacial score (nSPS) is 11.4. The van der Waals surface area contributed by atoms with Crippen LogP contribution in [-0.4, -0.2) is 15.0 Å². The van der Waals surface area contributed by atoms with E-state index in [2.05, 4.69) is 78.9 Å². The molecule has 202 valence electrons. The van der Waals surface area contributed by atoms with Crippen LogP contribution in [0.4, 0.5) is 0 Å². The van der Waals surface area contributed by atoms with Gasteiger partial charge in [-0.1, -0.05) is 146 Å². The van der Waals surface area contributed by atoms with Crippen molar-refractivity contribution in [2.45, 2.75) is 0 Å². The molecule has 4 nitrogen and oxygen atoms in total. The molecule has 0 spiro atoms. The molecule has 0 saturated carbocycles. The Balaban J connectivity index is 1.23. The number of fused-ring (bicyclic) bond motifs is 5. The van der Waals surface area contributed by atoms with Gasteiger partial charge in [0, 0.05) is 33.4 Å². The van der Waals surface area contributed by atoms with Crippen molar-refractivity contribution >= 4 is 0 Å². The largest absolute Gasteiger partial charge is 0.455 e. The quantitative estimate of drug-likeness (QED) is 0.218. The molecule has 0 N–H and O–H groups in total. The van der Waals surface area contributed by atoms with E-state index in [0.29, 0.717) is 17.5 Å². The van der Waals surface area contributed by atoms with Crippen molar-refractivity contribution in [1.29, 1.82) is 0 Å². The average Bonchev–Trinajstić information content (AvgIpc) is 3.24. The first-order valence-electron chi connectivity index (χ1n) is 14.3. The highest BCUT2D eigenvalue weighted by Crippen LogP contribution is 2.49. The predicted octanol–water partition coefficient (Wildman–Crippen LogP) is 9.98. The van der Waals surface area contributed by atoms with Crippen molar-refractivity contribution in [3.05, 3.63) is 152 Å². The number of benzene rings is 6. The summed E-state index contributed by atoms with van der Waals surface area (Å²) < 4.78 is 6.68. The van der Waals surface area contributed by atoms with E-state index in [1.165, 1.54) is 5.56 Å². The SMILES string of the molecule is c1ccc(-c2nc(-c3ccccc3)nc(-c3ccc(-c4cccc5c4Oc4ccccc4-c4ccccc4-5)cc3)n2)cc1. The van der Waals surface area contributed by atoms with E-state index in [4.69, 9.17) is 19.7 Å². The van der Waals surface area contributed by atoms with Crippen LogP contribution in [0.15, 0.2) is 152 Å². The summed E-state index contributed by atoms with van der Waals surface area (Å²) in [5, 5.41) is 0. The lowest BCUT2D eigenvalue weighted by molar-refractivity contribution is 0.489. The minimum absolute atomic E-state index is 0.630. The van der Waals surface area contributed by atoms with Crippen molar-refractivity contribution in [3.63, 3.8) is 0 Å². The molecule has 0 radical (unpaired) electrons. The first kappa shape index (κ1) is 24.9. The van der Waals surface area contributed by atoms with Gasteiger partial charge in [0.1, 0.15) is 11.5 Å². The van der Waals surface area contributed by atoms with Crippen LogP contribution >= 0.6 is 0 Å². The van der Waals surface area contributed by atoms with Crippen molar-refractivity contribution in [2.24, 2.45) is 0 Å². The van der Waals surface area contributed by atoms with Gasteiger partial charge < -0.3 is 4.74 Å². The van der Waals surface area contributed by atoms with E-state index in [-0.39, 0.29) is 0 Å². The molecular formula is C39H25N3O. The van der Waals surface area contributed by atoms with Crippen molar-refractivity contribution in [2.75, 3.05) is 0 Å². The lowest BCUT2D eigenvalue weighted by atomic mass is 9.92. The minimum Gasteiger partial charge on any atom is -0.455 e. The maximum Gasteiger partial charge on any atom is 0.164 e. The number of ether oxygens (including phenoxy) is 1. The van der Waals surface area contributed by atoms with E-state index >= 15 is 0 Å². The van der Waals surface area contributed by atoms with Crippen LogP contribution in [0.1, 0.15) is 0 Å². The van der Waals surface area contributed by atoms with Gasteiger partial charge in [0.25, 0.3) is 0 Å². The summed E-state index contributed by atoms with van der Waals surface area (Å²) in [5.41, 5.74) is 9.39. The van der Waals surface area contributed by atoms with Crippen LogP contribution < -0.4 is 4.74 Å². The number of hydrogen-bond acceptors (Lipinski definition) is 4. The lowest BCUT2D eigenvalue weighted by Crippen LogP contribution is -2.00. The Kier molecular flexibility index (Phi) is 6.08. The van der Waals surface area contributed by atoms with Gasteiger partial charge in [-0.15, -0.1) is 0 Å². The van der Waals surface area contributed by atoms with Gasteiger partial charge in [0.15, 0.2) is 17.5 Å². The first-order chi connectivity index (χ1) is 21.3. The summed E-state index contributed by atoms with van der Waals surface area (Å²) in [7, 11) is 0. The fraction of sp³-hybridized carbons (Fsp3) is 0. The van der Waals surface area contributed by atoms with Crippen molar-refractivity contribution in [1.82, 2.24) is 15.0 Å². The molecule has 0 aliphatic carbocycles. The van der Waals surface area contributed by atoms with Gasteiger partial charge in [-0.2, -0.15) is 0 Å². The summed E-state index contributed by atoms with van der Waals surface area (Å²) in [6.45, 7) is 0. The third kappa shape index (κ3) is 4.55. The second-order valence-electron chi connectivity index (χ2n) is 10.4. The number of nitrogens with zero attached hydrogens (tertiary/aromatic N) is 3. The van der Waals surface area contributed by atoms with Crippen LogP contribution in [0.3, 0.4) is 0 Å². The van der Waals surface area contributed by atoms with Gasteiger partial charge in [-0.05, 0) is 22.8 Å². The first-order valence-corrected chi connectivity index (χ1v) is 14.3. The molecule has 6 aromatic carbocycles. The summed E-state index contributed by atoms with van der Waals surface area (Å²) in [6, 6.07) is 51.5. The number of aromatic nitrogens is 3. The van der Waals surface area contributed by atoms with Gasteiger partial charge in [0.05, 0.1) is 0 Å². The molecule has 0 bridgehead atoms. The predicted molar refractivity (Wildman–Crippen MR) is 173 cm³/mol. The Labute approximate surface area is 250 Å². The molecule has 0 amide bonds. The zero-order chi connectivity index (χ0) is 28.6. The maximum atomic E-state index is 6.68. The molecule has 0 fully saturated rings.